The number of aromatic hydroxyl groups is 1. The second-order valence-electron chi connectivity index (χ2n) is 4.62. The minimum Gasteiger partial charge on any atom is -0.507 e. The van der Waals surface area contributed by atoms with Crippen molar-refractivity contribution in [3.63, 3.8) is 0 Å². The number of nitrogens with zero attached hydrogens (tertiary/aromatic N) is 1. The highest BCUT2D eigenvalue weighted by atomic mass is 16.3. The second kappa shape index (κ2) is 3.25. The van der Waals surface area contributed by atoms with Crippen molar-refractivity contribution in [1.29, 1.82) is 0 Å². The number of aromatic amines is 1. The average Bonchev–Trinajstić information content (AvgIpc) is 2.64. The molecule has 3 rings (SSSR count). The molecule has 0 bridgehead atoms. The molecule has 0 amide bonds. The van der Waals surface area contributed by atoms with Crippen LogP contribution in [0.15, 0.2) is 18.2 Å². The van der Waals surface area contributed by atoms with E-state index < -0.39 is 0 Å². The predicted octanol–water partition coefficient (Wildman–Crippen LogP) is 2.42. The van der Waals surface area contributed by atoms with E-state index in [4.69, 9.17) is 0 Å². The fraction of sp³-hybridized carbons (Fsp3) is 0.385. The van der Waals surface area contributed by atoms with Gasteiger partial charge in [0.1, 0.15) is 5.75 Å². The van der Waals surface area contributed by atoms with E-state index in [0.717, 1.165) is 23.9 Å². The van der Waals surface area contributed by atoms with Crippen LogP contribution in [0.5, 0.6) is 5.75 Å². The Hall–Kier alpha value is -1.48. The van der Waals surface area contributed by atoms with Gasteiger partial charge in [-0.2, -0.15) is 0 Å². The van der Waals surface area contributed by atoms with Crippen LogP contribution in [-0.2, 0) is 6.42 Å². The van der Waals surface area contributed by atoms with Crippen LogP contribution < -0.4 is 0 Å². The molecule has 1 aromatic heterocycles. The maximum Gasteiger partial charge on any atom is 0.125 e. The zero-order valence-corrected chi connectivity index (χ0v) is 9.62. The van der Waals surface area contributed by atoms with Crippen molar-refractivity contribution in [3.8, 4) is 5.75 Å². The Balaban J connectivity index is 2.31. The van der Waals surface area contributed by atoms with Gasteiger partial charge >= 0.3 is 0 Å². The van der Waals surface area contributed by atoms with Crippen LogP contribution in [0.25, 0.3) is 10.9 Å². The molecule has 0 fully saturated rings. The first-order chi connectivity index (χ1) is 7.68. The number of phenols is 1. The summed E-state index contributed by atoms with van der Waals surface area (Å²) in [6.45, 7) is 3.25. The quantitative estimate of drug-likeness (QED) is 0.710. The largest absolute Gasteiger partial charge is 0.507 e. The molecule has 1 aromatic carbocycles. The molecular weight excluding hydrogens is 200 g/mol. The van der Waals surface area contributed by atoms with Crippen molar-refractivity contribution < 1.29 is 5.11 Å². The highest BCUT2D eigenvalue weighted by molar-refractivity contribution is 5.90. The van der Waals surface area contributed by atoms with Crippen LogP contribution in [0, 0.1) is 0 Å². The summed E-state index contributed by atoms with van der Waals surface area (Å²) in [7, 11) is 2.14. The first-order valence-electron chi connectivity index (χ1n) is 5.71. The molecular formula is C13H16N2O. The molecule has 16 heavy (non-hydrogen) atoms. The Morgan fingerprint density at radius 2 is 2.25 bits per heavy atom. The summed E-state index contributed by atoms with van der Waals surface area (Å²) in [6, 6.07) is 6.07. The van der Waals surface area contributed by atoms with Gasteiger partial charge in [0, 0.05) is 29.2 Å². The summed E-state index contributed by atoms with van der Waals surface area (Å²) in [5, 5.41) is 10.9. The van der Waals surface area contributed by atoms with E-state index in [9.17, 15) is 5.11 Å². The molecule has 84 valence electrons. The van der Waals surface area contributed by atoms with Crippen LogP contribution in [0.4, 0.5) is 0 Å². The third-order valence-electron chi connectivity index (χ3n) is 3.73. The lowest BCUT2D eigenvalue weighted by atomic mass is 9.98. The lowest BCUT2D eigenvalue weighted by Gasteiger charge is -2.29. The lowest BCUT2D eigenvalue weighted by molar-refractivity contribution is 0.244. The van der Waals surface area contributed by atoms with Crippen molar-refractivity contribution in [2.45, 2.75) is 19.4 Å². The van der Waals surface area contributed by atoms with Crippen molar-refractivity contribution in [2.24, 2.45) is 0 Å². The minimum atomic E-state index is 0.395. The Morgan fingerprint density at radius 1 is 1.44 bits per heavy atom. The molecule has 1 aliphatic rings. The van der Waals surface area contributed by atoms with Gasteiger partial charge in [-0.1, -0.05) is 6.07 Å². The number of benzene rings is 1. The van der Waals surface area contributed by atoms with Gasteiger partial charge in [-0.3, -0.25) is 4.90 Å². The first kappa shape index (κ1) is 9.73. The third-order valence-corrected chi connectivity index (χ3v) is 3.73. The van der Waals surface area contributed by atoms with Gasteiger partial charge in [-0.15, -0.1) is 0 Å². The topological polar surface area (TPSA) is 39.3 Å². The number of rotatable bonds is 0. The molecule has 0 spiro atoms. The molecule has 2 heterocycles. The van der Waals surface area contributed by atoms with Gasteiger partial charge < -0.3 is 10.1 Å². The Kier molecular flexibility index (Phi) is 1.98. The molecule has 0 saturated heterocycles. The number of fused-ring (bicyclic) bond motifs is 3. The third kappa shape index (κ3) is 1.18. The zero-order valence-electron chi connectivity index (χ0n) is 9.62. The van der Waals surface area contributed by atoms with E-state index >= 15 is 0 Å². The average molecular weight is 216 g/mol. The Bertz CT molecular complexity index is 544. The van der Waals surface area contributed by atoms with Crippen molar-refractivity contribution in [3.05, 3.63) is 29.5 Å². The van der Waals surface area contributed by atoms with Gasteiger partial charge in [0.15, 0.2) is 0 Å². The van der Waals surface area contributed by atoms with Crippen LogP contribution in [0.1, 0.15) is 24.2 Å². The summed E-state index contributed by atoms with van der Waals surface area (Å²) in [5.74, 6) is 0.395. The van der Waals surface area contributed by atoms with Crippen molar-refractivity contribution >= 4 is 10.9 Å². The number of aromatic nitrogens is 1. The van der Waals surface area contributed by atoms with E-state index in [1.165, 1.54) is 11.3 Å². The zero-order chi connectivity index (χ0) is 11.3. The first-order valence-corrected chi connectivity index (χ1v) is 5.71. The Labute approximate surface area is 94.7 Å². The molecule has 1 aliphatic heterocycles. The fourth-order valence-corrected chi connectivity index (χ4v) is 2.64. The summed E-state index contributed by atoms with van der Waals surface area (Å²) in [4.78, 5) is 5.76. The SMILES string of the molecule is CC1c2[nH]c3cccc(O)c3c2CCN1C. The smallest absolute Gasteiger partial charge is 0.125 e. The number of H-pyrrole nitrogens is 1. The van der Waals surface area contributed by atoms with Crippen LogP contribution in [-0.4, -0.2) is 28.6 Å². The van der Waals surface area contributed by atoms with Crippen LogP contribution in [0.2, 0.25) is 0 Å². The lowest BCUT2D eigenvalue weighted by Crippen LogP contribution is -2.30. The highest BCUT2D eigenvalue weighted by Gasteiger charge is 2.25. The summed E-state index contributed by atoms with van der Waals surface area (Å²) >= 11 is 0. The molecule has 2 aromatic rings. The van der Waals surface area contributed by atoms with Crippen LogP contribution >= 0.6 is 0 Å². The molecule has 1 unspecified atom stereocenters. The van der Waals surface area contributed by atoms with Crippen molar-refractivity contribution in [1.82, 2.24) is 9.88 Å². The maximum absolute atomic E-state index is 9.93. The second-order valence-corrected chi connectivity index (χ2v) is 4.62. The number of phenolic OH excluding ortho intramolecular Hbond substituents is 1. The molecule has 2 N–H and O–H groups in total. The van der Waals surface area contributed by atoms with Gasteiger partial charge in [-0.05, 0) is 38.1 Å². The normalized spacial score (nSPS) is 21.2. The number of nitrogens with one attached hydrogen (secondary N) is 1. The molecule has 3 heteroatoms. The molecule has 0 radical (unpaired) electrons. The van der Waals surface area contributed by atoms with Crippen molar-refractivity contribution in [2.75, 3.05) is 13.6 Å². The predicted molar refractivity (Wildman–Crippen MR) is 64.7 cm³/mol. The number of likely N-dealkylation sites (N-methyl/N-ethyl adjacent to an activating group) is 1. The summed E-state index contributed by atoms with van der Waals surface area (Å²) in [5.41, 5.74) is 3.59. The molecule has 0 saturated carbocycles. The van der Waals surface area contributed by atoms with Gasteiger partial charge in [0.25, 0.3) is 0 Å². The molecule has 1 atom stereocenters. The standard InChI is InChI=1S/C13H16N2O/c1-8-13-9(6-7-15(8)2)12-10(14-13)4-3-5-11(12)16/h3-5,8,14,16H,6-7H2,1-2H3. The molecule has 0 aliphatic carbocycles. The highest BCUT2D eigenvalue weighted by Crippen LogP contribution is 2.37. The van der Waals surface area contributed by atoms with E-state index in [0.29, 0.717) is 11.8 Å². The number of hydrogen-bond donors (Lipinski definition) is 2. The van der Waals surface area contributed by atoms with E-state index in [1.807, 2.05) is 12.1 Å². The van der Waals surface area contributed by atoms with Crippen LogP contribution in [0.3, 0.4) is 0 Å². The maximum atomic E-state index is 9.93. The van der Waals surface area contributed by atoms with Gasteiger partial charge in [0.2, 0.25) is 0 Å². The van der Waals surface area contributed by atoms with E-state index in [-0.39, 0.29) is 0 Å². The number of hydrogen-bond acceptors (Lipinski definition) is 2. The van der Waals surface area contributed by atoms with E-state index in [2.05, 4.69) is 23.9 Å². The fourth-order valence-electron chi connectivity index (χ4n) is 2.64. The van der Waals surface area contributed by atoms with Gasteiger partial charge in [0.05, 0.1) is 0 Å². The van der Waals surface area contributed by atoms with Gasteiger partial charge in [-0.25, -0.2) is 0 Å². The Morgan fingerprint density at radius 3 is 3.06 bits per heavy atom. The summed E-state index contributed by atoms with van der Waals surface area (Å²) in [6.07, 6.45) is 1.01. The summed E-state index contributed by atoms with van der Waals surface area (Å²) < 4.78 is 0. The monoisotopic (exact) mass is 216 g/mol. The minimum absolute atomic E-state index is 0.395. The molecule has 3 nitrogen and oxygen atoms in total. The van der Waals surface area contributed by atoms with E-state index in [1.54, 1.807) is 6.07 Å².